The van der Waals surface area contributed by atoms with Gasteiger partial charge in [-0.05, 0) is 70.0 Å². The van der Waals surface area contributed by atoms with Crippen molar-refractivity contribution in [2.24, 2.45) is 0 Å². The highest BCUT2D eigenvalue weighted by atomic mass is 79.9. The average Bonchev–Trinajstić information content (AvgIpc) is 2.89. The van der Waals surface area contributed by atoms with Gasteiger partial charge < -0.3 is 9.47 Å². The van der Waals surface area contributed by atoms with Crippen LogP contribution in [0.25, 0.3) is 5.65 Å². The third kappa shape index (κ3) is 6.47. The number of amides is 1. The molecule has 0 unspecified atom stereocenters. The second-order valence-electron chi connectivity index (χ2n) is 8.37. The Labute approximate surface area is 173 Å². The van der Waals surface area contributed by atoms with Gasteiger partial charge in [-0.2, -0.15) is 5.10 Å². The largest absolute Gasteiger partial charge is 0.460 e. The predicted molar refractivity (Wildman–Crippen MR) is 109 cm³/mol. The van der Waals surface area contributed by atoms with Gasteiger partial charge in [-0.3, -0.25) is 9.69 Å². The number of carbonyl (C=O) groups is 2. The minimum atomic E-state index is -0.651. The lowest BCUT2D eigenvalue weighted by molar-refractivity contribution is -0.154. The highest BCUT2D eigenvalue weighted by molar-refractivity contribution is 9.10. The molecule has 0 aliphatic carbocycles. The van der Waals surface area contributed by atoms with Gasteiger partial charge in [-0.25, -0.2) is 14.3 Å². The lowest BCUT2D eigenvalue weighted by Gasteiger charge is -2.27. The molecule has 9 heteroatoms. The van der Waals surface area contributed by atoms with Gasteiger partial charge in [0, 0.05) is 19.2 Å². The van der Waals surface area contributed by atoms with E-state index in [-0.39, 0.29) is 18.9 Å². The number of halogens is 1. The van der Waals surface area contributed by atoms with Crippen LogP contribution in [-0.2, 0) is 14.3 Å². The second kappa shape index (κ2) is 8.46. The van der Waals surface area contributed by atoms with Crippen molar-refractivity contribution >= 4 is 39.5 Å². The average molecular weight is 455 g/mol. The summed E-state index contributed by atoms with van der Waals surface area (Å²) in [6, 6.07) is 1.68. The molecule has 2 aromatic rings. The standard InChI is InChI=1S/C19H27BrN4O4/c1-18(2,3)27-15(25)8-7-10-23(17(26)28-19(4,5)6)14-9-11-24-16(22-14)13(20)12-21-24/h9,11-12H,7-8,10H2,1-6H3. The summed E-state index contributed by atoms with van der Waals surface area (Å²) in [5.74, 6) is 0.116. The van der Waals surface area contributed by atoms with E-state index in [1.54, 1.807) is 43.7 Å². The SMILES string of the molecule is CC(C)(C)OC(=O)CCCN(C(=O)OC(C)(C)C)c1ccn2ncc(Br)c2n1. The van der Waals surface area contributed by atoms with Crippen LogP contribution in [0.15, 0.2) is 22.9 Å². The fraction of sp³-hybridized carbons (Fsp3) is 0.579. The molecule has 0 bridgehead atoms. The molecule has 0 N–H and O–H groups in total. The van der Waals surface area contributed by atoms with Gasteiger partial charge in [0.05, 0.1) is 10.7 Å². The topological polar surface area (TPSA) is 86.0 Å². The van der Waals surface area contributed by atoms with Crippen LogP contribution in [0.5, 0.6) is 0 Å². The number of ether oxygens (including phenoxy) is 2. The third-order valence-electron chi connectivity index (χ3n) is 3.38. The van der Waals surface area contributed by atoms with E-state index < -0.39 is 17.3 Å². The maximum atomic E-state index is 12.7. The molecule has 0 aliphatic rings. The summed E-state index contributed by atoms with van der Waals surface area (Å²) in [7, 11) is 0. The molecule has 2 aromatic heterocycles. The van der Waals surface area contributed by atoms with Crippen molar-refractivity contribution < 1.29 is 19.1 Å². The number of rotatable bonds is 5. The fourth-order valence-electron chi connectivity index (χ4n) is 2.37. The quantitative estimate of drug-likeness (QED) is 0.623. The number of nitrogens with zero attached hydrogens (tertiary/aromatic N) is 4. The van der Waals surface area contributed by atoms with E-state index >= 15 is 0 Å². The smallest absolute Gasteiger partial charge is 0.416 e. The minimum Gasteiger partial charge on any atom is -0.460 e. The first kappa shape index (κ1) is 22.1. The second-order valence-corrected chi connectivity index (χ2v) is 9.22. The van der Waals surface area contributed by atoms with Gasteiger partial charge in [0.25, 0.3) is 0 Å². The van der Waals surface area contributed by atoms with Crippen molar-refractivity contribution in [3.05, 3.63) is 22.9 Å². The number of fused-ring (bicyclic) bond motifs is 1. The van der Waals surface area contributed by atoms with E-state index in [2.05, 4.69) is 26.0 Å². The molecule has 0 aromatic carbocycles. The van der Waals surface area contributed by atoms with Crippen LogP contribution >= 0.6 is 15.9 Å². The van der Waals surface area contributed by atoms with Crippen molar-refractivity contribution in [2.75, 3.05) is 11.4 Å². The zero-order valence-electron chi connectivity index (χ0n) is 17.2. The zero-order valence-corrected chi connectivity index (χ0v) is 18.7. The van der Waals surface area contributed by atoms with E-state index in [0.29, 0.717) is 22.4 Å². The summed E-state index contributed by atoms with van der Waals surface area (Å²) in [4.78, 5) is 30.6. The Morgan fingerprint density at radius 1 is 1.14 bits per heavy atom. The monoisotopic (exact) mass is 454 g/mol. The molecule has 0 spiro atoms. The summed E-state index contributed by atoms with van der Waals surface area (Å²) in [5, 5.41) is 4.15. The van der Waals surface area contributed by atoms with Gasteiger partial charge in [0.2, 0.25) is 0 Å². The maximum Gasteiger partial charge on any atom is 0.416 e. The van der Waals surface area contributed by atoms with Crippen LogP contribution in [0.4, 0.5) is 10.6 Å². The van der Waals surface area contributed by atoms with Gasteiger partial charge in [0.1, 0.15) is 17.0 Å². The lowest BCUT2D eigenvalue weighted by Crippen LogP contribution is -2.38. The molecule has 2 rings (SSSR count). The number of anilines is 1. The van der Waals surface area contributed by atoms with Crippen LogP contribution in [0.3, 0.4) is 0 Å². The molecule has 0 fully saturated rings. The molecular weight excluding hydrogens is 428 g/mol. The molecule has 28 heavy (non-hydrogen) atoms. The number of aromatic nitrogens is 3. The lowest BCUT2D eigenvalue weighted by atomic mass is 10.2. The van der Waals surface area contributed by atoms with Gasteiger partial charge in [-0.15, -0.1) is 0 Å². The number of esters is 1. The van der Waals surface area contributed by atoms with Crippen LogP contribution < -0.4 is 4.90 Å². The van der Waals surface area contributed by atoms with E-state index in [4.69, 9.17) is 9.47 Å². The van der Waals surface area contributed by atoms with Gasteiger partial charge in [-0.1, -0.05) is 0 Å². The van der Waals surface area contributed by atoms with Crippen LogP contribution in [0.2, 0.25) is 0 Å². The maximum absolute atomic E-state index is 12.7. The molecular formula is C19H27BrN4O4. The first-order valence-electron chi connectivity index (χ1n) is 9.08. The Bertz CT molecular complexity index is 852. The zero-order chi connectivity index (χ0) is 21.1. The molecule has 0 aliphatic heterocycles. The fourth-order valence-corrected chi connectivity index (χ4v) is 2.73. The summed E-state index contributed by atoms with van der Waals surface area (Å²) < 4.78 is 13.1. The Balaban J connectivity index is 2.18. The number of hydrogen-bond donors (Lipinski definition) is 0. The molecule has 1 amide bonds. The predicted octanol–water partition coefficient (Wildman–Crippen LogP) is 4.36. The van der Waals surface area contributed by atoms with Crippen LogP contribution in [0.1, 0.15) is 54.4 Å². The summed E-state index contributed by atoms with van der Waals surface area (Å²) in [6.07, 6.45) is 3.43. The Hall–Kier alpha value is -2.16. The van der Waals surface area contributed by atoms with Crippen LogP contribution in [-0.4, -0.2) is 44.4 Å². The first-order valence-corrected chi connectivity index (χ1v) is 9.87. The number of carbonyl (C=O) groups excluding carboxylic acids is 2. The molecule has 0 saturated carbocycles. The molecule has 154 valence electrons. The van der Waals surface area contributed by atoms with E-state index in [1.807, 2.05) is 20.8 Å². The van der Waals surface area contributed by atoms with Crippen molar-refractivity contribution in [1.29, 1.82) is 0 Å². The summed E-state index contributed by atoms with van der Waals surface area (Å²) in [5.41, 5.74) is -0.608. The molecule has 8 nitrogen and oxygen atoms in total. The van der Waals surface area contributed by atoms with Crippen molar-refractivity contribution in [3.63, 3.8) is 0 Å². The van der Waals surface area contributed by atoms with Crippen LogP contribution in [0, 0.1) is 0 Å². The van der Waals surface area contributed by atoms with Crippen molar-refractivity contribution in [1.82, 2.24) is 14.6 Å². The molecule has 0 saturated heterocycles. The Morgan fingerprint density at radius 2 is 1.79 bits per heavy atom. The Kier molecular flexibility index (Phi) is 6.69. The normalized spacial score (nSPS) is 12.1. The Morgan fingerprint density at radius 3 is 2.39 bits per heavy atom. The van der Waals surface area contributed by atoms with E-state index in [9.17, 15) is 9.59 Å². The third-order valence-corrected chi connectivity index (χ3v) is 3.94. The molecule has 0 atom stereocenters. The first-order chi connectivity index (χ1) is 12.9. The summed E-state index contributed by atoms with van der Waals surface area (Å²) >= 11 is 3.39. The summed E-state index contributed by atoms with van der Waals surface area (Å²) in [6.45, 7) is 11.1. The van der Waals surface area contributed by atoms with Crippen molar-refractivity contribution in [2.45, 2.75) is 65.6 Å². The van der Waals surface area contributed by atoms with Gasteiger partial charge in [0.15, 0.2) is 5.65 Å². The molecule has 2 heterocycles. The van der Waals surface area contributed by atoms with E-state index in [0.717, 1.165) is 0 Å². The minimum absolute atomic E-state index is 0.190. The van der Waals surface area contributed by atoms with Crippen molar-refractivity contribution in [3.8, 4) is 0 Å². The highest BCUT2D eigenvalue weighted by Crippen LogP contribution is 2.21. The molecule has 0 radical (unpaired) electrons. The highest BCUT2D eigenvalue weighted by Gasteiger charge is 2.25. The van der Waals surface area contributed by atoms with Gasteiger partial charge >= 0.3 is 12.1 Å². The van der Waals surface area contributed by atoms with E-state index in [1.165, 1.54) is 4.90 Å². The number of hydrogen-bond acceptors (Lipinski definition) is 6.